The molecule has 1 aromatic heterocycles. The van der Waals surface area contributed by atoms with Crippen molar-refractivity contribution in [3.05, 3.63) is 92.8 Å². The van der Waals surface area contributed by atoms with Gasteiger partial charge in [0.25, 0.3) is 11.6 Å². The largest absolute Gasteiger partial charge is 0.484 e. The van der Waals surface area contributed by atoms with Crippen LogP contribution in [0.3, 0.4) is 0 Å². The Bertz CT molecular complexity index is 1380. The Morgan fingerprint density at radius 1 is 1.12 bits per heavy atom. The van der Waals surface area contributed by atoms with Gasteiger partial charge in [-0.15, -0.1) is 0 Å². The molecule has 4 rings (SSSR count). The number of amides is 1. The number of carbonyl (C=O) groups excluding carboxylic acids is 1. The molecule has 1 amide bonds. The van der Waals surface area contributed by atoms with Gasteiger partial charge in [-0.2, -0.15) is 0 Å². The fourth-order valence-corrected chi connectivity index (χ4v) is 3.11. The number of nitro benzene ring substituents is 1. The van der Waals surface area contributed by atoms with Gasteiger partial charge < -0.3 is 14.5 Å². The van der Waals surface area contributed by atoms with Crippen LogP contribution in [0.2, 0.25) is 0 Å². The lowest BCUT2D eigenvalue weighted by Crippen LogP contribution is -2.20. The second-order valence-corrected chi connectivity index (χ2v) is 6.94. The zero-order valence-electron chi connectivity index (χ0n) is 16.9. The van der Waals surface area contributed by atoms with Crippen molar-refractivity contribution in [1.29, 1.82) is 0 Å². The lowest BCUT2D eigenvalue weighted by molar-refractivity contribution is -0.385. The highest BCUT2D eigenvalue weighted by Crippen LogP contribution is 2.23. The standard InChI is InChI=1S/C23H17N3O6/c1-14-12-17(10-11-20(14)26(29)30)31-13-21(27)24-16-8-6-15(7-9-16)22-25-19-5-3-2-4-18(19)23(28)32-22/h2-12H,13H2,1H3,(H,24,27). The lowest BCUT2D eigenvalue weighted by atomic mass is 10.2. The first-order valence-corrected chi connectivity index (χ1v) is 9.59. The molecule has 0 saturated carbocycles. The van der Waals surface area contributed by atoms with E-state index in [1.165, 1.54) is 18.2 Å². The van der Waals surface area contributed by atoms with Crippen LogP contribution < -0.4 is 15.7 Å². The van der Waals surface area contributed by atoms with Crippen molar-refractivity contribution in [2.24, 2.45) is 0 Å². The van der Waals surface area contributed by atoms with E-state index in [2.05, 4.69) is 10.3 Å². The van der Waals surface area contributed by atoms with Crippen LogP contribution in [-0.4, -0.2) is 22.4 Å². The number of nitro groups is 1. The molecule has 0 aliphatic carbocycles. The van der Waals surface area contributed by atoms with Crippen molar-refractivity contribution in [2.75, 3.05) is 11.9 Å². The van der Waals surface area contributed by atoms with E-state index in [1.54, 1.807) is 55.5 Å². The zero-order chi connectivity index (χ0) is 22.7. The average molecular weight is 431 g/mol. The summed E-state index contributed by atoms with van der Waals surface area (Å²) in [6.07, 6.45) is 0. The van der Waals surface area contributed by atoms with Crippen LogP contribution >= 0.6 is 0 Å². The number of nitrogens with one attached hydrogen (secondary N) is 1. The summed E-state index contributed by atoms with van der Waals surface area (Å²) in [6.45, 7) is 1.33. The van der Waals surface area contributed by atoms with Crippen LogP contribution in [0.15, 0.2) is 75.9 Å². The Kier molecular flexibility index (Phi) is 5.63. The minimum atomic E-state index is -0.478. The van der Waals surface area contributed by atoms with Crippen LogP contribution in [0.1, 0.15) is 5.56 Å². The van der Waals surface area contributed by atoms with E-state index in [-0.39, 0.29) is 18.2 Å². The molecule has 0 radical (unpaired) electrons. The molecule has 9 nitrogen and oxygen atoms in total. The summed E-state index contributed by atoms with van der Waals surface area (Å²) < 4.78 is 10.7. The van der Waals surface area contributed by atoms with E-state index in [0.29, 0.717) is 33.5 Å². The fraction of sp³-hybridized carbons (Fsp3) is 0.0870. The van der Waals surface area contributed by atoms with E-state index in [4.69, 9.17) is 9.15 Å². The second-order valence-electron chi connectivity index (χ2n) is 6.94. The topological polar surface area (TPSA) is 125 Å². The molecule has 1 heterocycles. The summed E-state index contributed by atoms with van der Waals surface area (Å²) >= 11 is 0. The van der Waals surface area contributed by atoms with E-state index >= 15 is 0 Å². The molecule has 3 aromatic carbocycles. The first-order chi connectivity index (χ1) is 15.4. The summed E-state index contributed by atoms with van der Waals surface area (Å²) in [6, 6.07) is 17.9. The highest BCUT2D eigenvalue weighted by atomic mass is 16.6. The number of fused-ring (bicyclic) bond motifs is 1. The minimum Gasteiger partial charge on any atom is -0.484 e. The summed E-state index contributed by atoms with van der Waals surface area (Å²) in [5, 5.41) is 14.0. The lowest BCUT2D eigenvalue weighted by Gasteiger charge is -2.09. The van der Waals surface area contributed by atoms with Gasteiger partial charge in [0.05, 0.1) is 15.8 Å². The first-order valence-electron chi connectivity index (χ1n) is 9.59. The molecule has 0 saturated heterocycles. The quantitative estimate of drug-likeness (QED) is 0.360. The number of benzene rings is 3. The van der Waals surface area contributed by atoms with Crippen molar-refractivity contribution < 1.29 is 18.9 Å². The first kappa shape index (κ1) is 20.7. The number of hydrogen-bond acceptors (Lipinski definition) is 7. The molecule has 0 bridgehead atoms. The molecule has 32 heavy (non-hydrogen) atoms. The van der Waals surface area contributed by atoms with E-state index < -0.39 is 16.5 Å². The number of nitrogens with zero attached hydrogens (tertiary/aromatic N) is 2. The van der Waals surface area contributed by atoms with Crippen LogP contribution in [0.25, 0.3) is 22.4 Å². The summed E-state index contributed by atoms with van der Waals surface area (Å²) in [7, 11) is 0. The summed E-state index contributed by atoms with van der Waals surface area (Å²) in [4.78, 5) is 39.1. The van der Waals surface area contributed by atoms with E-state index in [1.807, 2.05) is 0 Å². The average Bonchev–Trinajstić information content (AvgIpc) is 2.78. The highest BCUT2D eigenvalue weighted by molar-refractivity contribution is 5.92. The minimum absolute atomic E-state index is 0.0152. The van der Waals surface area contributed by atoms with Gasteiger partial charge in [-0.05, 0) is 55.5 Å². The van der Waals surface area contributed by atoms with Crippen LogP contribution in [0, 0.1) is 17.0 Å². The summed E-state index contributed by atoms with van der Waals surface area (Å²) in [5.74, 6) is 0.142. The maximum Gasteiger partial charge on any atom is 0.347 e. The molecule has 0 atom stereocenters. The maximum atomic E-state index is 12.2. The molecule has 0 aliphatic heterocycles. The molecule has 1 N–H and O–H groups in total. The molecular weight excluding hydrogens is 414 g/mol. The maximum absolute atomic E-state index is 12.2. The van der Waals surface area contributed by atoms with Crippen molar-refractivity contribution in [1.82, 2.24) is 4.98 Å². The number of hydrogen-bond donors (Lipinski definition) is 1. The van der Waals surface area contributed by atoms with E-state index in [0.717, 1.165) is 0 Å². The Balaban J connectivity index is 1.40. The van der Waals surface area contributed by atoms with E-state index in [9.17, 15) is 19.7 Å². The zero-order valence-corrected chi connectivity index (χ0v) is 16.9. The van der Waals surface area contributed by atoms with Crippen molar-refractivity contribution in [3.8, 4) is 17.2 Å². The van der Waals surface area contributed by atoms with Crippen molar-refractivity contribution in [2.45, 2.75) is 6.92 Å². The van der Waals surface area contributed by atoms with Gasteiger partial charge in [0.2, 0.25) is 5.89 Å². The molecule has 0 unspecified atom stereocenters. The molecule has 160 valence electrons. The third-order valence-electron chi connectivity index (χ3n) is 4.69. The fourth-order valence-electron chi connectivity index (χ4n) is 3.11. The number of anilines is 1. The van der Waals surface area contributed by atoms with Gasteiger partial charge >= 0.3 is 5.63 Å². The number of aromatic nitrogens is 1. The van der Waals surface area contributed by atoms with Gasteiger partial charge in [-0.25, -0.2) is 9.78 Å². The van der Waals surface area contributed by atoms with Crippen LogP contribution in [-0.2, 0) is 4.79 Å². The SMILES string of the molecule is Cc1cc(OCC(=O)Nc2ccc(-c3nc4ccccc4c(=O)o3)cc2)ccc1[N+](=O)[O-]. The van der Waals surface area contributed by atoms with Gasteiger partial charge in [-0.3, -0.25) is 14.9 Å². The van der Waals surface area contributed by atoms with Gasteiger partial charge in [0, 0.05) is 22.9 Å². The highest BCUT2D eigenvalue weighted by Gasteiger charge is 2.12. The predicted octanol–water partition coefficient (Wildman–Crippen LogP) is 4.09. The Labute approximate surface area is 181 Å². The third kappa shape index (κ3) is 4.46. The van der Waals surface area contributed by atoms with Crippen LogP contribution in [0.5, 0.6) is 5.75 Å². The molecule has 0 fully saturated rings. The number of ether oxygens (including phenoxy) is 1. The van der Waals surface area contributed by atoms with Crippen molar-refractivity contribution in [3.63, 3.8) is 0 Å². The Morgan fingerprint density at radius 2 is 1.88 bits per heavy atom. The monoisotopic (exact) mass is 431 g/mol. The van der Waals surface area contributed by atoms with Gasteiger partial charge in [0.15, 0.2) is 6.61 Å². The molecule has 0 spiro atoms. The van der Waals surface area contributed by atoms with Gasteiger partial charge in [-0.1, -0.05) is 12.1 Å². The van der Waals surface area contributed by atoms with Gasteiger partial charge in [0.1, 0.15) is 5.75 Å². The molecule has 4 aromatic rings. The Hall–Kier alpha value is -4.53. The molecular formula is C23H17N3O6. The third-order valence-corrected chi connectivity index (χ3v) is 4.69. The number of para-hydroxylation sites is 1. The summed E-state index contributed by atoms with van der Waals surface area (Å²) in [5.41, 5.74) is 1.60. The number of rotatable bonds is 6. The van der Waals surface area contributed by atoms with Crippen LogP contribution in [0.4, 0.5) is 11.4 Å². The number of aryl methyl sites for hydroxylation is 1. The Morgan fingerprint density at radius 3 is 2.59 bits per heavy atom. The predicted molar refractivity (Wildman–Crippen MR) is 118 cm³/mol. The normalized spacial score (nSPS) is 10.7. The molecule has 9 heteroatoms. The van der Waals surface area contributed by atoms with Crippen molar-refractivity contribution >= 4 is 28.2 Å². The smallest absolute Gasteiger partial charge is 0.347 e. The second kappa shape index (κ2) is 8.68. The molecule has 0 aliphatic rings. The number of carbonyl (C=O) groups is 1.